The van der Waals surface area contributed by atoms with E-state index >= 15 is 0 Å². The zero-order valence-electron chi connectivity index (χ0n) is 9.61. The highest BCUT2D eigenvalue weighted by atomic mass is 32.3. The third-order valence-electron chi connectivity index (χ3n) is 2.33. The second-order valence-electron chi connectivity index (χ2n) is 3.54. The van der Waals surface area contributed by atoms with Crippen LogP contribution in [0.25, 0.3) is 0 Å². The third-order valence-corrected chi connectivity index (χ3v) is 5.46. The minimum absolute atomic E-state index is 0.215. The van der Waals surface area contributed by atoms with Crippen molar-refractivity contribution in [3.05, 3.63) is 71.5 Å². The van der Waals surface area contributed by atoms with E-state index in [1.54, 1.807) is 48.5 Å². The summed E-state index contributed by atoms with van der Waals surface area (Å²) in [5, 5.41) is 0. The van der Waals surface area contributed by atoms with Gasteiger partial charge in [-0.05, 0) is 24.3 Å². The molecule has 0 aliphatic carbocycles. The Morgan fingerprint density at radius 3 is 1.39 bits per heavy atom. The normalized spacial score (nSPS) is 13.9. The molecular formula is C14H12O2S2. The van der Waals surface area contributed by atoms with Crippen molar-refractivity contribution in [3.8, 4) is 0 Å². The van der Waals surface area contributed by atoms with Crippen molar-refractivity contribution >= 4 is 22.4 Å². The molecule has 0 aliphatic heterocycles. The van der Waals surface area contributed by atoms with Gasteiger partial charge in [-0.15, -0.1) is 0 Å². The standard InChI is InChI=1S/C14H12O2S2/c1-12(17(15)13-8-4-2-5-9-13)18(16)14-10-6-3-7-11-14/h2-11H,1H2. The molecule has 2 nitrogen and oxygen atoms in total. The van der Waals surface area contributed by atoms with E-state index < -0.39 is 22.4 Å². The predicted molar refractivity (Wildman–Crippen MR) is 74.8 cm³/mol. The van der Waals surface area contributed by atoms with Gasteiger partial charge in [0.2, 0.25) is 0 Å². The van der Waals surface area contributed by atoms with Crippen molar-refractivity contribution < 1.29 is 9.11 Å². The highest BCUT2D eigenvalue weighted by molar-refractivity contribution is 8.14. The van der Waals surface area contributed by atoms with Crippen LogP contribution in [0.1, 0.15) is 0 Å². The highest BCUT2D eigenvalue weighted by Gasteiger charge is 2.29. The van der Waals surface area contributed by atoms with Crippen LogP contribution in [0.15, 0.2) is 81.3 Å². The number of benzene rings is 2. The third kappa shape index (κ3) is 2.97. The highest BCUT2D eigenvalue weighted by Crippen LogP contribution is 2.27. The van der Waals surface area contributed by atoms with E-state index in [0.717, 1.165) is 0 Å². The van der Waals surface area contributed by atoms with Crippen LogP contribution >= 0.6 is 0 Å². The van der Waals surface area contributed by atoms with Crippen LogP contribution in [0.5, 0.6) is 0 Å². The summed E-state index contributed by atoms with van der Waals surface area (Å²) in [6.07, 6.45) is 0. The van der Waals surface area contributed by atoms with Gasteiger partial charge in [0, 0.05) is 6.58 Å². The summed E-state index contributed by atoms with van der Waals surface area (Å²) in [6, 6.07) is 17.8. The Bertz CT molecular complexity index is 466. The molecule has 0 aromatic heterocycles. The Morgan fingerprint density at radius 2 is 1.06 bits per heavy atom. The molecule has 0 amide bonds. The lowest BCUT2D eigenvalue weighted by molar-refractivity contribution is 0.593. The van der Waals surface area contributed by atoms with E-state index in [9.17, 15) is 9.11 Å². The molecule has 2 aromatic carbocycles. The first-order valence-electron chi connectivity index (χ1n) is 5.32. The van der Waals surface area contributed by atoms with E-state index in [-0.39, 0.29) is 4.24 Å². The fraction of sp³-hybridized carbons (Fsp3) is 0. The van der Waals surface area contributed by atoms with Crippen LogP contribution in [-0.2, 0) is 22.4 Å². The Morgan fingerprint density at radius 1 is 0.722 bits per heavy atom. The van der Waals surface area contributed by atoms with Gasteiger partial charge in [0.25, 0.3) is 0 Å². The molecule has 0 saturated carbocycles. The largest absolute Gasteiger partial charge is 0.603 e. The van der Waals surface area contributed by atoms with Gasteiger partial charge in [0.05, 0.1) is 22.4 Å². The van der Waals surface area contributed by atoms with Crippen LogP contribution in [-0.4, -0.2) is 9.11 Å². The topological polar surface area (TPSA) is 46.1 Å². The quantitative estimate of drug-likeness (QED) is 0.806. The summed E-state index contributed by atoms with van der Waals surface area (Å²) in [5.74, 6) is 0. The van der Waals surface area contributed by atoms with Crippen LogP contribution in [0.3, 0.4) is 0 Å². The van der Waals surface area contributed by atoms with Gasteiger partial charge in [0.1, 0.15) is 0 Å². The summed E-state index contributed by atoms with van der Waals surface area (Å²) in [5.41, 5.74) is 0. The number of hydrogen-bond acceptors (Lipinski definition) is 2. The minimum atomic E-state index is -1.45. The van der Waals surface area contributed by atoms with Gasteiger partial charge in [-0.2, -0.15) is 0 Å². The summed E-state index contributed by atoms with van der Waals surface area (Å²) in [7, 11) is 0. The van der Waals surface area contributed by atoms with Crippen molar-refractivity contribution in [2.45, 2.75) is 9.79 Å². The summed E-state index contributed by atoms with van der Waals surface area (Å²) >= 11 is -2.91. The van der Waals surface area contributed by atoms with Crippen LogP contribution < -0.4 is 0 Å². The van der Waals surface area contributed by atoms with Gasteiger partial charge in [0.15, 0.2) is 9.79 Å². The van der Waals surface area contributed by atoms with Crippen molar-refractivity contribution in [3.63, 3.8) is 0 Å². The first kappa shape index (κ1) is 13.2. The molecule has 18 heavy (non-hydrogen) atoms. The van der Waals surface area contributed by atoms with Gasteiger partial charge in [-0.25, -0.2) is 0 Å². The summed E-state index contributed by atoms with van der Waals surface area (Å²) in [6.45, 7) is 3.71. The van der Waals surface area contributed by atoms with Gasteiger partial charge >= 0.3 is 4.24 Å². The first-order valence-corrected chi connectivity index (χ1v) is 7.62. The number of rotatable bonds is 4. The average molecular weight is 276 g/mol. The Hall–Kier alpha value is -1.20. The fourth-order valence-corrected chi connectivity index (χ4v) is 3.88. The SMILES string of the molecule is C=C([S+]([O-])c1ccccc1)[S+]([O-])c1ccccc1. The average Bonchev–Trinajstić information content (AvgIpc) is 2.47. The molecule has 2 rings (SSSR count). The molecule has 2 atom stereocenters. The molecule has 0 spiro atoms. The zero-order chi connectivity index (χ0) is 13.0. The summed E-state index contributed by atoms with van der Waals surface area (Å²) in [4.78, 5) is 1.23. The molecule has 4 heteroatoms. The van der Waals surface area contributed by atoms with Crippen molar-refractivity contribution in [1.82, 2.24) is 0 Å². The van der Waals surface area contributed by atoms with E-state index in [1.165, 1.54) is 0 Å². The van der Waals surface area contributed by atoms with Crippen molar-refractivity contribution in [2.24, 2.45) is 0 Å². The Balaban J connectivity index is 2.17. The Labute approximate surface area is 113 Å². The molecule has 0 saturated heterocycles. The van der Waals surface area contributed by atoms with E-state index in [4.69, 9.17) is 0 Å². The van der Waals surface area contributed by atoms with Gasteiger partial charge < -0.3 is 9.11 Å². The monoisotopic (exact) mass is 276 g/mol. The van der Waals surface area contributed by atoms with Crippen LogP contribution in [0.4, 0.5) is 0 Å². The van der Waals surface area contributed by atoms with Crippen LogP contribution in [0, 0.1) is 0 Å². The lowest BCUT2D eigenvalue weighted by atomic mass is 10.4. The zero-order valence-corrected chi connectivity index (χ0v) is 11.2. The molecule has 0 N–H and O–H groups in total. The molecule has 0 aliphatic rings. The van der Waals surface area contributed by atoms with E-state index in [2.05, 4.69) is 6.58 Å². The molecule has 2 aromatic rings. The second kappa shape index (κ2) is 6.11. The molecule has 2 unspecified atom stereocenters. The molecule has 92 valence electrons. The molecule has 0 radical (unpaired) electrons. The van der Waals surface area contributed by atoms with Crippen molar-refractivity contribution in [1.29, 1.82) is 0 Å². The fourth-order valence-electron chi connectivity index (χ4n) is 1.42. The lowest BCUT2D eigenvalue weighted by Gasteiger charge is -2.14. The maximum Gasteiger partial charge on any atom is 0.329 e. The van der Waals surface area contributed by atoms with Crippen molar-refractivity contribution in [2.75, 3.05) is 0 Å². The molecule has 0 bridgehead atoms. The smallest absolute Gasteiger partial charge is 0.329 e. The molecular weight excluding hydrogens is 264 g/mol. The second-order valence-corrected chi connectivity index (χ2v) is 6.80. The van der Waals surface area contributed by atoms with E-state index in [0.29, 0.717) is 9.79 Å². The number of hydrogen-bond donors (Lipinski definition) is 0. The maximum atomic E-state index is 12.2. The van der Waals surface area contributed by atoms with Gasteiger partial charge in [-0.3, -0.25) is 0 Å². The molecule has 0 fully saturated rings. The summed E-state index contributed by atoms with van der Waals surface area (Å²) < 4.78 is 24.6. The first-order chi connectivity index (χ1) is 8.70. The lowest BCUT2D eigenvalue weighted by Crippen LogP contribution is -2.14. The molecule has 0 heterocycles. The minimum Gasteiger partial charge on any atom is -0.603 e. The van der Waals surface area contributed by atoms with E-state index in [1.807, 2.05) is 12.1 Å². The Kier molecular flexibility index (Phi) is 4.49. The predicted octanol–water partition coefficient (Wildman–Crippen LogP) is 3.07. The maximum absolute atomic E-state index is 12.2. The van der Waals surface area contributed by atoms with Crippen LogP contribution in [0.2, 0.25) is 0 Å². The van der Waals surface area contributed by atoms with Gasteiger partial charge in [-0.1, -0.05) is 36.4 Å².